The molecule has 11 heteroatoms. The summed E-state index contributed by atoms with van der Waals surface area (Å²) in [7, 11) is -3.93. The Morgan fingerprint density at radius 2 is 1.49 bits per heavy atom. The van der Waals surface area contributed by atoms with Gasteiger partial charge in [-0.1, -0.05) is 42.8 Å². The van der Waals surface area contributed by atoms with Crippen molar-refractivity contribution in [2.45, 2.75) is 58.1 Å². The summed E-state index contributed by atoms with van der Waals surface area (Å²) >= 11 is 7.42. The van der Waals surface area contributed by atoms with Crippen molar-refractivity contribution in [3.8, 4) is 11.5 Å². The van der Waals surface area contributed by atoms with Crippen LogP contribution in [0.5, 0.6) is 11.5 Å². The highest BCUT2D eigenvalue weighted by Crippen LogP contribution is 2.67. The van der Waals surface area contributed by atoms with Crippen LogP contribution in [0.25, 0.3) is 0 Å². The minimum absolute atomic E-state index is 0.0156. The molecule has 2 aliphatic carbocycles. The van der Waals surface area contributed by atoms with Gasteiger partial charge < -0.3 is 13.6 Å². The van der Waals surface area contributed by atoms with Gasteiger partial charge in [-0.15, -0.1) is 0 Å². The summed E-state index contributed by atoms with van der Waals surface area (Å²) in [4.78, 5) is 13.1. The van der Waals surface area contributed by atoms with Crippen molar-refractivity contribution >= 4 is 42.5 Å². The van der Waals surface area contributed by atoms with Crippen molar-refractivity contribution in [1.82, 2.24) is 0 Å². The molecule has 0 aromatic heterocycles. The van der Waals surface area contributed by atoms with Crippen LogP contribution in [0.2, 0.25) is 0 Å². The number of benzene rings is 2. The number of para-hydroxylation sites is 2. The Balaban J connectivity index is 1.79. The van der Waals surface area contributed by atoms with E-state index in [1.54, 1.807) is 20.8 Å². The highest BCUT2D eigenvalue weighted by molar-refractivity contribution is 8.68. The molecule has 2 aliphatic rings. The van der Waals surface area contributed by atoms with E-state index in [1.165, 1.54) is 11.4 Å². The molecule has 39 heavy (non-hydrogen) atoms. The molecule has 0 saturated heterocycles. The lowest BCUT2D eigenvalue weighted by atomic mass is 9.72. The third kappa shape index (κ3) is 8.00. The van der Waals surface area contributed by atoms with Crippen molar-refractivity contribution in [2.24, 2.45) is 11.8 Å². The minimum atomic E-state index is -3.93. The number of hydrogen-bond donors (Lipinski definition) is 0. The Morgan fingerprint density at radius 3 is 2.00 bits per heavy atom. The largest absolute Gasteiger partial charge is 0.529 e. The van der Waals surface area contributed by atoms with E-state index in [0.717, 1.165) is 31.3 Å². The van der Waals surface area contributed by atoms with E-state index in [2.05, 4.69) is 0 Å². The summed E-state index contributed by atoms with van der Waals surface area (Å²) in [6.07, 6.45) is 4.48. The van der Waals surface area contributed by atoms with Crippen LogP contribution in [0.15, 0.2) is 72.0 Å². The first-order valence-electron chi connectivity index (χ1n) is 13.4. The summed E-state index contributed by atoms with van der Waals surface area (Å²) in [5.41, 5.74) is -2.11. The normalized spacial score (nSPS) is 21.7. The number of phosphoric acid groups is 1. The van der Waals surface area contributed by atoms with Crippen LogP contribution in [-0.2, 0) is 34.7 Å². The maximum Gasteiger partial charge on any atom is 0.529 e. The summed E-state index contributed by atoms with van der Waals surface area (Å²) < 4.78 is 43.7. The van der Waals surface area contributed by atoms with Crippen molar-refractivity contribution in [2.75, 3.05) is 13.2 Å². The van der Waals surface area contributed by atoms with E-state index in [9.17, 15) is 9.36 Å². The number of carbonyl (C=O) groups excluding carboxylic acids is 1. The first-order chi connectivity index (χ1) is 18.8. The lowest BCUT2D eigenvalue weighted by Crippen LogP contribution is -2.36. The van der Waals surface area contributed by atoms with Crippen LogP contribution in [-0.4, -0.2) is 24.2 Å². The number of rotatable bonds is 13. The number of phosphoric ester groups is 1. The molecule has 0 bridgehead atoms. The van der Waals surface area contributed by atoms with Gasteiger partial charge >= 0.3 is 13.5 Å². The first-order valence-corrected chi connectivity index (χ1v) is 18.9. The van der Waals surface area contributed by atoms with Gasteiger partial charge in [0.1, 0.15) is 23.0 Å². The molecule has 0 spiro atoms. The highest BCUT2D eigenvalue weighted by Gasteiger charge is 2.47. The van der Waals surface area contributed by atoms with Crippen LogP contribution >= 0.6 is 24.9 Å². The second-order valence-corrected chi connectivity index (χ2v) is 17.2. The Morgan fingerprint density at radius 1 is 0.923 bits per heavy atom. The fourth-order valence-electron chi connectivity index (χ4n) is 5.02. The Bertz CT molecular complexity index is 1180. The summed E-state index contributed by atoms with van der Waals surface area (Å²) in [5.74, 6) is 1.37. The fourth-order valence-corrected chi connectivity index (χ4v) is 12.0. The maximum absolute atomic E-state index is 13.7. The average molecular weight is 611 g/mol. The van der Waals surface area contributed by atoms with Crippen molar-refractivity contribution < 1.29 is 32.0 Å². The smallest absolute Gasteiger partial charge is 0.428 e. The minimum Gasteiger partial charge on any atom is -0.428 e. The van der Waals surface area contributed by atoms with Crippen LogP contribution in [0.4, 0.5) is 0 Å². The van der Waals surface area contributed by atoms with Crippen molar-refractivity contribution in [3.63, 3.8) is 0 Å². The van der Waals surface area contributed by atoms with Crippen LogP contribution in [0.3, 0.4) is 0 Å². The topological polar surface area (TPSA) is 80.3 Å². The van der Waals surface area contributed by atoms with E-state index in [4.69, 9.17) is 34.4 Å². The number of carbonyl (C=O) groups is 1. The molecule has 212 valence electrons. The number of allylic oxidation sites excluding steroid dienone is 1. The Hall–Kier alpha value is -1.60. The van der Waals surface area contributed by atoms with Gasteiger partial charge in [-0.3, -0.25) is 13.8 Å². The van der Waals surface area contributed by atoms with E-state index < -0.39 is 24.7 Å². The fraction of sp³-hybridized carbons (Fsp3) is 0.464. The number of ketones is 1. The van der Waals surface area contributed by atoms with Crippen molar-refractivity contribution in [3.05, 3.63) is 72.0 Å². The molecule has 0 heterocycles. The molecule has 4 rings (SSSR count). The SMILES string of the molecule is CCOP(=O)(OCC)OC1=C2CCCC[C@@H]2C[C@H](C(C)=O)[C@@H]1SP(=S)(Oc1ccccc1)Oc1ccccc1. The van der Waals surface area contributed by atoms with Crippen LogP contribution in [0, 0.1) is 11.8 Å². The molecule has 2 aromatic carbocycles. The zero-order chi connectivity index (χ0) is 27.9. The third-order valence-corrected chi connectivity index (χ3v) is 13.3. The molecule has 2 aromatic rings. The van der Waals surface area contributed by atoms with Gasteiger partial charge in [0.2, 0.25) is 0 Å². The molecular formula is C28H36O7P2S2. The average Bonchev–Trinajstić information content (AvgIpc) is 2.91. The summed E-state index contributed by atoms with van der Waals surface area (Å²) in [5, 5.41) is -0.570. The maximum atomic E-state index is 13.7. The summed E-state index contributed by atoms with van der Waals surface area (Å²) in [6.45, 7) is 5.38. The number of Topliss-reactive ketones (excluding diaryl/α,β-unsaturated/α-hetero) is 1. The molecule has 1 saturated carbocycles. The van der Waals surface area contributed by atoms with Crippen molar-refractivity contribution in [1.29, 1.82) is 0 Å². The zero-order valence-electron chi connectivity index (χ0n) is 22.5. The van der Waals surface area contributed by atoms with Crippen LogP contribution < -0.4 is 9.05 Å². The second kappa shape index (κ2) is 13.8. The molecule has 0 radical (unpaired) electrons. The number of hydrogen-bond acceptors (Lipinski definition) is 9. The molecular weight excluding hydrogens is 574 g/mol. The van der Waals surface area contributed by atoms with Gasteiger partial charge in [-0.05, 0) is 105 Å². The first kappa shape index (κ1) is 30.4. The lowest BCUT2D eigenvalue weighted by Gasteiger charge is -2.41. The Labute approximate surface area is 240 Å². The Kier molecular flexibility index (Phi) is 10.8. The monoisotopic (exact) mass is 610 g/mol. The van der Waals surface area contributed by atoms with Gasteiger partial charge in [-0.25, -0.2) is 4.57 Å². The zero-order valence-corrected chi connectivity index (χ0v) is 25.9. The quantitative estimate of drug-likeness (QED) is 0.207. The second-order valence-electron chi connectivity index (χ2n) is 9.44. The van der Waals surface area contributed by atoms with E-state index in [1.807, 2.05) is 60.7 Å². The van der Waals surface area contributed by atoms with E-state index >= 15 is 0 Å². The molecule has 0 amide bonds. The molecule has 7 nitrogen and oxygen atoms in total. The lowest BCUT2D eigenvalue weighted by molar-refractivity contribution is -0.121. The summed E-state index contributed by atoms with van der Waals surface area (Å²) in [6, 6.07) is 18.6. The molecule has 0 unspecified atom stereocenters. The molecule has 0 N–H and O–H groups in total. The third-order valence-electron chi connectivity index (χ3n) is 6.69. The van der Waals surface area contributed by atoms with E-state index in [0.29, 0.717) is 23.7 Å². The highest BCUT2D eigenvalue weighted by atomic mass is 32.9. The number of fused-ring (bicyclic) bond motifs is 1. The molecule has 3 atom stereocenters. The van der Waals surface area contributed by atoms with Gasteiger partial charge in [0.25, 0.3) is 0 Å². The molecule has 0 aliphatic heterocycles. The van der Waals surface area contributed by atoms with Gasteiger partial charge in [0, 0.05) is 5.92 Å². The van der Waals surface area contributed by atoms with Gasteiger partial charge in [0.05, 0.1) is 18.5 Å². The predicted molar refractivity (Wildman–Crippen MR) is 160 cm³/mol. The standard InChI is InChI=1S/C28H36O7P2S2/c1-4-31-36(30,32-5-2)35-27-25-19-13-12-14-22(25)20-26(21(3)29)28(27)39-37(38,33-23-15-8-6-9-16-23)34-24-17-10-7-11-18-24/h6-11,15-18,22,26,28H,4-5,12-14,19-20H2,1-3H3/t22-,26-,28+/m1/s1. The van der Waals surface area contributed by atoms with Gasteiger partial charge in [0.15, 0.2) is 0 Å². The van der Waals surface area contributed by atoms with Crippen LogP contribution in [0.1, 0.15) is 52.9 Å². The predicted octanol–water partition coefficient (Wildman–Crippen LogP) is 8.72. The van der Waals surface area contributed by atoms with E-state index in [-0.39, 0.29) is 24.9 Å². The molecule has 1 fully saturated rings. The van der Waals surface area contributed by atoms with Gasteiger partial charge in [-0.2, -0.15) is 0 Å².